The molecule has 0 nitrogen and oxygen atoms in total. The van der Waals surface area contributed by atoms with Gasteiger partial charge in [0.2, 0.25) is 0 Å². The normalized spacial score (nSPS) is 13.0. The van der Waals surface area contributed by atoms with E-state index in [4.69, 9.17) is 0 Å². The molecule has 1 aromatic rings. The molecule has 1 radical (unpaired) electrons. The SMILES string of the molecule is C[Si](C)(C)c1c[c]ccc1[Si](C)(C)C. The van der Waals surface area contributed by atoms with E-state index in [9.17, 15) is 0 Å². The van der Waals surface area contributed by atoms with Gasteiger partial charge in [0.15, 0.2) is 0 Å². The third kappa shape index (κ3) is 2.58. The van der Waals surface area contributed by atoms with Crippen molar-refractivity contribution < 1.29 is 0 Å². The summed E-state index contributed by atoms with van der Waals surface area (Å²) in [7, 11) is -2.36. The first-order valence-corrected chi connectivity index (χ1v) is 12.2. The van der Waals surface area contributed by atoms with Crippen molar-refractivity contribution in [3.8, 4) is 0 Å². The molecule has 14 heavy (non-hydrogen) atoms. The minimum absolute atomic E-state index is 1.17. The fourth-order valence-electron chi connectivity index (χ4n) is 1.70. The molecule has 77 valence electrons. The molecule has 0 unspecified atom stereocenters. The molecule has 0 heterocycles. The van der Waals surface area contributed by atoms with Gasteiger partial charge in [-0.05, 0) is 6.07 Å². The Balaban J connectivity index is 3.31. The van der Waals surface area contributed by atoms with Gasteiger partial charge >= 0.3 is 0 Å². The first-order valence-electron chi connectivity index (χ1n) is 5.24. The number of rotatable bonds is 2. The van der Waals surface area contributed by atoms with Crippen molar-refractivity contribution in [3.05, 3.63) is 24.3 Å². The van der Waals surface area contributed by atoms with Crippen LogP contribution in [0.15, 0.2) is 18.2 Å². The van der Waals surface area contributed by atoms with E-state index < -0.39 is 16.1 Å². The van der Waals surface area contributed by atoms with Crippen LogP contribution in [0.3, 0.4) is 0 Å². The lowest BCUT2D eigenvalue weighted by Crippen LogP contribution is -2.56. The van der Waals surface area contributed by atoms with Gasteiger partial charge in [-0.15, -0.1) is 0 Å². The monoisotopic (exact) mass is 221 g/mol. The topological polar surface area (TPSA) is 0 Å². The van der Waals surface area contributed by atoms with Crippen LogP contribution in [0.5, 0.6) is 0 Å². The van der Waals surface area contributed by atoms with Crippen LogP contribution < -0.4 is 10.4 Å². The molecule has 0 N–H and O–H groups in total. The van der Waals surface area contributed by atoms with Crippen LogP contribution in [0.1, 0.15) is 0 Å². The van der Waals surface area contributed by atoms with Crippen molar-refractivity contribution in [1.82, 2.24) is 0 Å². The average Bonchev–Trinajstić information content (AvgIpc) is 2.01. The smallest absolute Gasteiger partial charge is 0.0656 e. The number of hydrogen-bond acceptors (Lipinski definition) is 0. The predicted octanol–water partition coefficient (Wildman–Crippen LogP) is 2.58. The predicted molar refractivity (Wildman–Crippen MR) is 71.2 cm³/mol. The second-order valence-electron chi connectivity index (χ2n) is 5.97. The Morgan fingerprint density at radius 2 is 1.36 bits per heavy atom. The maximum absolute atomic E-state index is 3.24. The Kier molecular flexibility index (Phi) is 3.07. The minimum Gasteiger partial charge on any atom is -0.0656 e. The van der Waals surface area contributed by atoms with Crippen molar-refractivity contribution in [3.63, 3.8) is 0 Å². The van der Waals surface area contributed by atoms with Crippen LogP contribution in [-0.4, -0.2) is 16.1 Å². The summed E-state index contributed by atoms with van der Waals surface area (Å²) >= 11 is 0. The molecule has 0 aliphatic carbocycles. The number of benzene rings is 1. The Labute approximate surface area is 90.4 Å². The molecule has 0 aliphatic heterocycles. The highest BCUT2D eigenvalue weighted by Crippen LogP contribution is 2.06. The quantitative estimate of drug-likeness (QED) is 0.674. The average molecular weight is 221 g/mol. The Morgan fingerprint density at radius 3 is 1.71 bits per heavy atom. The summed E-state index contributed by atoms with van der Waals surface area (Å²) in [4.78, 5) is 0. The summed E-state index contributed by atoms with van der Waals surface area (Å²) in [5.41, 5.74) is 0. The van der Waals surface area contributed by atoms with Crippen LogP contribution >= 0.6 is 0 Å². The molecular weight excluding hydrogens is 200 g/mol. The summed E-state index contributed by atoms with van der Waals surface area (Å²) in [6.07, 6.45) is 0. The van der Waals surface area contributed by atoms with E-state index in [0.29, 0.717) is 0 Å². The van der Waals surface area contributed by atoms with E-state index in [-0.39, 0.29) is 0 Å². The van der Waals surface area contributed by atoms with Crippen LogP contribution in [0, 0.1) is 6.07 Å². The van der Waals surface area contributed by atoms with Crippen LogP contribution in [0.25, 0.3) is 0 Å². The lowest BCUT2D eigenvalue weighted by atomic mass is 10.4. The highest BCUT2D eigenvalue weighted by molar-refractivity contribution is 6.98. The molecule has 2 heteroatoms. The van der Waals surface area contributed by atoms with Gasteiger partial charge in [0.1, 0.15) is 0 Å². The largest absolute Gasteiger partial charge is 0.0774 e. The third-order valence-corrected chi connectivity index (χ3v) is 6.81. The van der Waals surface area contributed by atoms with Crippen molar-refractivity contribution in [2.24, 2.45) is 0 Å². The van der Waals surface area contributed by atoms with Gasteiger partial charge in [-0.3, -0.25) is 0 Å². The van der Waals surface area contributed by atoms with E-state index in [2.05, 4.69) is 63.5 Å². The second-order valence-corrected chi connectivity index (χ2v) is 16.0. The van der Waals surface area contributed by atoms with E-state index in [1.165, 1.54) is 0 Å². The van der Waals surface area contributed by atoms with Crippen molar-refractivity contribution in [1.29, 1.82) is 0 Å². The highest BCUT2D eigenvalue weighted by atomic mass is 28.3. The first-order chi connectivity index (χ1) is 6.23. The Morgan fingerprint density at radius 1 is 0.857 bits per heavy atom. The summed E-state index contributed by atoms with van der Waals surface area (Å²) < 4.78 is 0. The van der Waals surface area contributed by atoms with Gasteiger partial charge in [-0.25, -0.2) is 0 Å². The lowest BCUT2D eigenvalue weighted by molar-refractivity contribution is 1.65. The molecular formula is C12H21Si2. The second kappa shape index (κ2) is 3.67. The summed E-state index contributed by atoms with van der Waals surface area (Å²) in [5, 5.41) is 3.24. The fraction of sp³-hybridized carbons (Fsp3) is 0.500. The van der Waals surface area contributed by atoms with E-state index in [1.807, 2.05) is 0 Å². The van der Waals surface area contributed by atoms with Crippen LogP contribution in [0.4, 0.5) is 0 Å². The van der Waals surface area contributed by atoms with Crippen LogP contribution in [0.2, 0.25) is 39.3 Å². The van der Waals surface area contributed by atoms with E-state index in [1.54, 1.807) is 10.4 Å². The zero-order chi connectivity index (χ0) is 11.0. The highest BCUT2D eigenvalue weighted by Gasteiger charge is 2.26. The maximum Gasteiger partial charge on any atom is 0.0774 e. The van der Waals surface area contributed by atoms with Gasteiger partial charge < -0.3 is 0 Å². The van der Waals surface area contributed by atoms with Crippen molar-refractivity contribution in [2.45, 2.75) is 39.3 Å². The van der Waals surface area contributed by atoms with Gasteiger partial charge in [0.05, 0.1) is 16.1 Å². The molecule has 1 rings (SSSR count). The molecule has 0 fully saturated rings. The lowest BCUT2D eigenvalue weighted by Gasteiger charge is -2.27. The number of hydrogen-bond donors (Lipinski definition) is 0. The fourth-order valence-corrected chi connectivity index (χ4v) is 6.83. The van der Waals surface area contributed by atoms with E-state index >= 15 is 0 Å². The van der Waals surface area contributed by atoms with Gasteiger partial charge in [-0.1, -0.05) is 67.9 Å². The van der Waals surface area contributed by atoms with E-state index in [0.717, 1.165) is 0 Å². The molecule has 0 aromatic heterocycles. The molecule has 0 aliphatic rings. The zero-order valence-corrected chi connectivity index (χ0v) is 12.2. The Bertz CT molecular complexity index is 283. The summed E-state index contributed by atoms with van der Waals surface area (Å²) in [6, 6.07) is 9.82. The molecule has 0 saturated heterocycles. The van der Waals surface area contributed by atoms with Gasteiger partial charge in [0, 0.05) is 0 Å². The first kappa shape index (κ1) is 11.7. The standard InChI is InChI=1S/C12H21Si2/c1-13(2,3)11-9-7-8-10-12(11)14(4,5)6/h7,9-10H,1-6H3. The van der Waals surface area contributed by atoms with Crippen molar-refractivity contribution in [2.75, 3.05) is 0 Å². The van der Waals surface area contributed by atoms with Gasteiger partial charge in [-0.2, -0.15) is 0 Å². The molecule has 0 atom stereocenters. The molecule has 1 aromatic carbocycles. The third-order valence-electron chi connectivity index (χ3n) is 2.48. The summed E-state index contributed by atoms with van der Waals surface area (Å²) in [5.74, 6) is 0. The Hall–Kier alpha value is -0.346. The van der Waals surface area contributed by atoms with Gasteiger partial charge in [0.25, 0.3) is 0 Å². The van der Waals surface area contributed by atoms with Crippen molar-refractivity contribution >= 4 is 26.5 Å². The summed E-state index contributed by atoms with van der Waals surface area (Å²) in [6.45, 7) is 14.5. The zero-order valence-electron chi connectivity index (χ0n) is 10.2. The maximum atomic E-state index is 3.24. The molecule has 0 spiro atoms. The molecule has 0 amide bonds. The minimum atomic E-state index is -1.18. The molecule has 0 saturated carbocycles. The molecule has 0 bridgehead atoms. The van der Waals surface area contributed by atoms with Crippen LogP contribution in [-0.2, 0) is 0 Å².